The van der Waals surface area contributed by atoms with Crippen molar-refractivity contribution >= 4 is 46.1 Å². The lowest BCUT2D eigenvalue weighted by Gasteiger charge is -2.37. The van der Waals surface area contributed by atoms with Crippen molar-refractivity contribution in [2.24, 2.45) is 0 Å². The predicted octanol–water partition coefficient (Wildman–Crippen LogP) is 5.75. The summed E-state index contributed by atoms with van der Waals surface area (Å²) in [5.41, 5.74) is 2.02. The molecule has 27 heavy (non-hydrogen) atoms. The minimum Gasteiger partial charge on any atom is -0.454 e. The van der Waals surface area contributed by atoms with Gasteiger partial charge in [-0.05, 0) is 36.4 Å². The van der Waals surface area contributed by atoms with Gasteiger partial charge in [0.25, 0.3) is 0 Å². The Bertz CT molecular complexity index is 950. The molecule has 0 spiro atoms. The van der Waals surface area contributed by atoms with Crippen LogP contribution < -0.4 is 4.90 Å². The lowest BCUT2D eigenvalue weighted by atomic mass is 10.2. The van der Waals surface area contributed by atoms with E-state index in [0.717, 1.165) is 36.7 Å². The maximum Gasteiger partial charge on any atom is 0.162 e. The topological polar surface area (TPSA) is 19.6 Å². The van der Waals surface area contributed by atoms with Gasteiger partial charge in [0.15, 0.2) is 5.76 Å². The van der Waals surface area contributed by atoms with Crippen LogP contribution in [0, 0.1) is 0 Å². The predicted molar refractivity (Wildman–Crippen MR) is 116 cm³/mol. The normalized spacial score (nSPS) is 14.4. The average Bonchev–Trinajstić information content (AvgIpc) is 3.20. The zero-order chi connectivity index (χ0) is 18.8. The molecule has 0 saturated carbocycles. The molecule has 1 aliphatic rings. The van der Waals surface area contributed by atoms with Crippen LogP contribution in [0.4, 0.5) is 5.69 Å². The molecule has 3 nitrogen and oxygen atoms in total. The van der Waals surface area contributed by atoms with Gasteiger partial charge in [-0.3, -0.25) is 0 Å². The minimum atomic E-state index is 0.488. The third-order valence-electron chi connectivity index (χ3n) is 4.72. The molecule has 0 unspecified atom stereocenters. The first-order chi connectivity index (χ1) is 13.1. The monoisotopic (exact) mass is 416 g/mol. The number of benzene rings is 2. The molecule has 6 heteroatoms. The van der Waals surface area contributed by atoms with Crippen LogP contribution in [0.5, 0.6) is 0 Å². The minimum absolute atomic E-state index is 0.488. The molecular formula is C21H18Cl2N2OS. The molecule has 0 N–H and O–H groups in total. The summed E-state index contributed by atoms with van der Waals surface area (Å²) in [6, 6.07) is 19.7. The number of furan rings is 1. The van der Waals surface area contributed by atoms with Gasteiger partial charge in [0.2, 0.25) is 0 Å². The van der Waals surface area contributed by atoms with Gasteiger partial charge in [-0.1, -0.05) is 59.7 Å². The maximum atomic E-state index is 6.30. The van der Waals surface area contributed by atoms with Crippen molar-refractivity contribution in [3.8, 4) is 11.3 Å². The first-order valence-corrected chi connectivity index (χ1v) is 9.93. The summed E-state index contributed by atoms with van der Waals surface area (Å²) < 4.78 is 5.99. The van der Waals surface area contributed by atoms with Gasteiger partial charge in [-0.2, -0.15) is 0 Å². The third kappa shape index (κ3) is 3.84. The Labute approximate surface area is 174 Å². The largest absolute Gasteiger partial charge is 0.454 e. The van der Waals surface area contributed by atoms with Crippen LogP contribution in [0.25, 0.3) is 11.3 Å². The molecule has 0 bridgehead atoms. The standard InChI is InChI=1S/C21H18Cl2N2OS/c22-17-8-4-7-16(20(17)23)18-9-10-19(26-18)21(27)25-13-11-24(12-14-25)15-5-2-1-3-6-15/h1-10H,11-14H2. The Morgan fingerprint density at radius 1 is 0.852 bits per heavy atom. The summed E-state index contributed by atoms with van der Waals surface area (Å²) in [7, 11) is 0. The number of anilines is 1. The number of halogens is 2. The van der Waals surface area contributed by atoms with Crippen molar-refractivity contribution in [1.82, 2.24) is 4.90 Å². The van der Waals surface area contributed by atoms with Crippen molar-refractivity contribution in [1.29, 1.82) is 0 Å². The first kappa shape index (κ1) is 18.4. The van der Waals surface area contributed by atoms with Gasteiger partial charge in [0.1, 0.15) is 10.7 Å². The van der Waals surface area contributed by atoms with E-state index in [4.69, 9.17) is 39.8 Å². The fourth-order valence-electron chi connectivity index (χ4n) is 3.25. The highest BCUT2D eigenvalue weighted by Crippen LogP contribution is 2.34. The van der Waals surface area contributed by atoms with Crippen molar-refractivity contribution in [2.45, 2.75) is 0 Å². The zero-order valence-electron chi connectivity index (χ0n) is 14.6. The Kier molecular flexibility index (Phi) is 5.39. The molecule has 2 heterocycles. The number of thiocarbonyl (C=S) groups is 1. The van der Waals surface area contributed by atoms with Gasteiger partial charge < -0.3 is 14.2 Å². The van der Waals surface area contributed by atoms with Gasteiger partial charge in [0.05, 0.1) is 10.0 Å². The summed E-state index contributed by atoms with van der Waals surface area (Å²) in [5.74, 6) is 1.35. The second-order valence-electron chi connectivity index (χ2n) is 6.38. The summed E-state index contributed by atoms with van der Waals surface area (Å²) in [6.45, 7) is 3.58. The first-order valence-electron chi connectivity index (χ1n) is 8.77. The molecule has 4 rings (SSSR count). The van der Waals surface area contributed by atoms with Crippen molar-refractivity contribution in [2.75, 3.05) is 31.1 Å². The summed E-state index contributed by atoms with van der Waals surface area (Å²) in [4.78, 5) is 5.29. The molecule has 0 atom stereocenters. The van der Waals surface area contributed by atoms with Crippen molar-refractivity contribution in [3.63, 3.8) is 0 Å². The number of nitrogens with zero attached hydrogens (tertiary/aromatic N) is 2. The fraction of sp³-hybridized carbons (Fsp3) is 0.190. The lowest BCUT2D eigenvalue weighted by Crippen LogP contribution is -2.48. The van der Waals surface area contributed by atoms with Crippen LogP contribution in [0.3, 0.4) is 0 Å². The summed E-state index contributed by atoms with van der Waals surface area (Å²) in [5, 5.41) is 0.995. The van der Waals surface area contributed by atoms with Crippen LogP contribution in [0.15, 0.2) is 65.1 Å². The van der Waals surface area contributed by atoms with E-state index in [2.05, 4.69) is 34.1 Å². The van der Waals surface area contributed by atoms with Gasteiger partial charge in [-0.15, -0.1) is 0 Å². The lowest BCUT2D eigenvalue weighted by molar-refractivity contribution is 0.385. The summed E-state index contributed by atoms with van der Waals surface area (Å²) >= 11 is 18.1. The molecule has 0 amide bonds. The van der Waals surface area contributed by atoms with E-state index < -0.39 is 0 Å². The van der Waals surface area contributed by atoms with Crippen LogP contribution in [-0.4, -0.2) is 36.1 Å². The molecule has 138 valence electrons. The molecule has 0 aliphatic carbocycles. The van der Waals surface area contributed by atoms with E-state index in [0.29, 0.717) is 21.6 Å². The molecule has 1 aromatic heterocycles. The van der Waals surface area contributed by atoms with E-state index in [1.54, 1.807) is 6.07 Å². The highest BCUT2D eigenvalue weighted by molar-refractivity contribution is 7.80. The molecule has 3 aromatic rings. The number of piperazine rings is 1. The van der Waals surface area contributed by atoms with Crippen LogP contribution in [-0.2, 0) is 0 Å². The highest BCUT2D eigenvalue weighted by Gasteiger charge is 2.22. The average molecular weight is 417 g/mol. The second-order valence-corrected chi connectivity index (χ2v) is 7.55. The third-order valence-corrected chi connectivity index (χ3v) is 6.00. The molecule has 1 aliphatic heterocycles. The van der Waals surface area contributed by atoms with Crippen molar-refractivity contribution in [3.05, 3.63) is 76.5 Å². The van der Waals surface area contributed by atoms with E-state index >= 15 is 0 Å². The van der Waals surface area contributed by atoms with Gasteiger partial charge >= 0.3 is 0 Å². The van der Waals surface area contributed by atoms with Gasteiger partial charge in [-0.25, -0.2) is 0 Å². The van der Waals surface area contributed by atoms with Crippen LogP contribution in [0.1, 0.15) is 5.76 Å². The SMILES string of the molecule is S=C(c1ccc(-c2cccc(Cl)c2Cl)o1)N1CCN(c2ccccc2)CC1. The smallest absolute Gasteiger partial charge is 0.162 e. The Morgan fingerprint density at radius 3 is 2.33 bits per heavy atom. The second kappa shape index (κ2) is 7.93. The highest BCUT2D eigenvalue weighted by atomic mass is 35.5. The molecule has 0 radical (unpaired) electrons. The Hall–Kier alpha value is -2.01. The fourth-order valence-corrected chi connectivity index (χ4v) is 3.94. The number of rotatable bonds is 3. The molecule has 1 fully saturated rings. The quantitative estimate of drug-likeness (QED) is 0.505. The van der Waals surface area contributed by atoms with Crippen LogP contribution >= 0.6 is 35.4 Å². The van der Waals surface area contributed by atoms with Crippen LogP contribution in [0.2, 0.25) is 10.0 Å². The van der Waals surface area contributed by atoms with E-state index in [1.807, 2.05) is 30.3 Å². The van der Waals surface area contributed by atoms with Gasteiger partial charge in [0, 0.05) is 37.4 Å². The van der Waals surface area contributed by atoms with E-state index in [1.165, 1.54) is 5.69 Å². The summed E-state index contributed by atoms with van der Waals surface area (Å²) in [6.07, 6.45) is 0. The number of hydrogen-bond donors (Lipinski definition) is 0. The van der Waals surface area contributed by atoms with E-state index in [-0.39, 0.29) is 0 Å². The Morgan fingerprint density at radius 2 is 1.59 bits per heavy atom. The van der Waals surface area contributed by atoms with E-state index in [9.17, 15) is 0 Å². The molecule has 2 aromatic carbocycles. The maximum absolute atomic E-state index is 6.30. The zero-order valence-corrected chi connectivity index (χ0v) is 16.9. The van der Waals surface area contributed by atoms with Crippen molar-refractivity contribution < 1.29 is 4.42 Å². The number of hydrogen-bond acceptors (Lipinski definition) is 3. The molecular weight excluding hydrogens is 399 g/mol. The molecule has 1 saturated heterocycles. The number of para-hydroxylation sites is 1. The Balaban J connectivity index is 1.45.